The van der Waals surface area contributed by atoms with Gasteiger partial charge in [0.15, 0.2) is 0 Å². The van der Waals surface area contributed by atoms with Gasteiger partial charge in [-0.05, 0) is 18.6 Å². The molecule has 0 aliphatic heterocycles. The standard InChI is InChI=1S/C13H19N3O2S/c1-2-7-15-13(18)8-16-10-5-3-4-6-11(10)19-9-12(14)17/h3-6,16H,2,7-9H2,1H3,(H2,14,17)(H,15,18). The molecular weight excluding hydrogens is 262 g/mol. The summed E-state index contributed by atoms with van der Waals surface area (Å²) in [6.45, 7) is 2.90. The monoisotopic (exact) mass is 281 g/mol. The molecule has 0 saturated heterocycles. The first-order valence-electron chi connectivity index (χ1n) is 6.14. The third-order valence-electron chi connectivity index (χ3n) is 2.27. The van der Waals surface area contributed by atoms with E-state index in [1.165, 1.54) is 11.8 Å². The second-order valence-electron chi connectivity index (χ2n) is 3.95. The number of hydrogen-bond donors (Lipinski definition) is 3. The maximum Gasteiger partial charge on any atom is 0.239 e. The Morgan fingerprint density at radius 3 is 2.74 bits per heavy atom. The van der Waals surface area contributed by atoms with Crippen LogP contribution in [0.4, 0.5) is 5.69 Å². The van der Waals surface area contributed by atoms with E-state index in [4.69, 9.17) is 5.73 Å². The summed E-state index contributed by atoms with van der Waals surface area (Å²) in [7, 11) is 0. The summed E-state index contributed by atoms with van der Waals surface area (Å²) >= 11 is 1.36. The zero-order chi connectivity index (χ0) is 14.1. The average molecular weight is 281 g/mol. The molecule has 0 radical (unpaired) electrons. The molecule has 5 nitrogen and oxygen atoms in total. The van der Waals surface area contributed by atoms with Crippen LogP contribution >= 0.6 is 11.8 Å². The third kappa shape index (κ3) is 6.15. The number of anilines is 1. The van der Waals surface area contributed by atoms with E-state index in [0.29, 0.717) is 6.54 Å². The Morgan fingerprint density at radius 2 is 2.05 bits per heavy atom. The van der Waals surface area contributed by atoms with Crippen LogP contribution in [0, 0.1) is 0 Å². The molecule has 19 heavy (non-hydrogen) atoms. The van der Waals surface area contributed by atoms with Crippen molar-refractivity contribution in [2.24, 2.45) is 5.73 Å². The highest BCUT2D eigenvalue weighted by molar-refractivity contribution is 8.00. The molecule has 104 valence electrons. The van der Waals surface area contributed by atoms with Crippen molar-refractivity contribution >= 4 is 29.3 Å². The molecule has 0 unspecified atom stereocenters. The minimum absolute atomic E-state index is 0.0449. The summed E-state index contributed by atoms with van der Waals surface area (Å²) in [5.74, 6) is -0.183. The fourth-order valence-corrected chi connectivity index (χ4v) is 2.16. The van der Waals surface area contributed by atoms with Gasteiger partial charge in [0.05, 0.1) is 12.3 Å². The number of amides is 2. The van der Waals surface area contributed by atoms with Crippen molar-refractivity contribution in [3.63, 3.8) is 0 Å². The van der Waals surface area contributed by atoms with Crippen LogP contribution < -0.4 is 16.4 Å². The molecule has 0 aliphatic rings. The second kappa shape index (κ2) is 8.42. The van der Waals surface area contributed by atoms with Crippen molar-refractivity contribution in [1.29, 1.82) is 0 Å². The molecule has 6 heteroatoms. The molecule has 2 amide bonds. The predicted molar refractivity (Wildman–Crippen MR) is 78.2 cm³/mol. The first-order chi connectivity index (χ1) is 9.13. The van der Waals surface area contributed by atoms with Gasteiger partial charge in [-0.15, -0.1) is 11.8 Å². The first-order valence-corrected chi connectivity index (χ1v) is 7.12. The molecular formula is C13H19N3O2S. The molecule has 1 aromatic rings. The summed E-state index contributed by atoms with van der Waals surface area (Å²) in [6, 6.07) is 7.52. The van der Waals surface area contributed by atoms with Gasteiger partial charge in [-0.1, -0.05) is 19.1 Å². The SMILES string of the molecule is CCCNC(=O)CNc1ccccc1SCC(N)=O. The molecule has 0 bridgehead atoms. The van der Waals surface area contributed by atoms with Crippen LogP contribution in [0.15, 0.2) is 29.2 Å². The average Bonchev–Trinajstić information content (AvgIpc) is 2.41. The molecule has 0 aliphatic carbocycles. The van der Waals surface area contributed by atoms with E-state index in [1.807, 2.05) is 31.2 Å². The Labute approximate surface area is 117 Å². The number of primary amides is 1. The lowest BCUT2D eigenvalue weighted by atomic mass is 10.3. The number of benzene rings is 1. The van der Waals surface area contributed by atoms with Crippen LogP contribution in [0.1, 0.15) is 13.3 Å². The Balaban J connectivity index is 2.52. The van der Waals surface area contributed by atoms with Crippen LogP contribution in [0.3, 0.4) is 0 Å². The third-order valence-corrected chi connectivity index (χ3v) is 3.36. The molecule has 0 saturated carbocycles. The summed E-state index contributed by atoms with van der Waals surface area (Å²) < 4.78 is 0. The lowest BCUT2D eigenvalue weighted by molar-refractivity contribution is -0.119. The summed E-state index contributed by atoms with van der Waals surface area (Å²) in [5.41, 5.74) is 5.96. The molecule has 0 spiro atoms. The van der Waals surface area contributed by atoms with Gasteiger partial charge in [0.1, 0.15) is 0 Å². The topological polar surface area (TPSA) is 84.2 Å². The fraction of sp³-hybridized carbons (Fsp3) is 0.385. The van der Waals surface area contributed by atoms with Crippen LogP contribution in [0.5, 0.6) is 0 Å². The highest BCUT2D eigenvalue weighted by Gasteiger charge is 2.06. The molecule has 1 aromatic carbocycles. The Kier molecular flexibility index (Phi) is 6.81. The van der Waals surface area contributed by atoms with Crippen LogP contribution in [0.25, 0.3) is 0 Å². The largest absolute Gasteiger partial charge is 0.375 e. The van der Waals surface area contributed by atoms with E-state index >= 15 is 0 Å². The van der Waals surface area contributed by atoms with Gasteiger partial charge in [-0.2, -0.15) is 0 Å². The van der Waals surface area contributed by atoms with E-state index in [0.717, 1.165) is 17.0 Å². The molecule has 0 aromatic heterocycles. The van der Waals surface area contributed by atoms with Crippen molar-refractivity contribution in [2.75, 3.05) is 24.2 Å². The number of rotatable bonds is 8. The summed E-state index contributed by atoms with van der Waals surface area (Å²) in [5, 5.41) is 5.85. The van der Waals surface area contributed by atoms with Crippen molar-refractivity contribution in [3.05, 3.63) is 24.3 Å². The second-order valence-corrected chi connectivity index (χ2v) is 4.97. The lowest BCUT2D eigenvalue weighted by Crippen LogP contribution is -2.30. The smallest absolute Gasteiger partial charge is 0.239 e. The number of nitrogens with one attached hydrogen (secondary N) is 2. The zero-order valence-electron chi connectivity index (χ0n) is 10.9. The van der Waals surface area contributed by atoms with E-state index < -0.39 is 0 Å². The Bertz CT molecular complexity index is 438. The normalized spacial score (nSPS) is 9.95. The highest BCUT2D eigenvalue weighted by Crippen LogP contribution is 2.26. The van der Waals surface area contributed by atoms with Gasteiger partial charge in [-0.25, -0.2) is 0 Å². The van der Waals surface area contributed by atoms with Gasteiger partial charge in [-0.3, -0.25) is 9.59 Å². The highest BCUT2D eigenvalue weighted by atomic mass is 32.2. The molecule has 0 fully saturated rings. The number of nitrogens with two attached hydrogens (primary N) is 1. The van der Waals surface area contributed by atoms with Crippen molar-refractivity contribution in [3.8, 4) is 0 Å². The molecule has 1 rings (SSSR count). The van der Waals surface area contributed by atoms with Crippen LogP contribution in [0.2, 0.25) is 0 Å². The van der Waals surface area contributed by atoms with E-state index in [-0.39, 0.29) is 24.1 Å². The first kappa shape index (κ1) is 15.4. The Hall–Kier alpha value is -1.69. The maximum atomic E-state index is 11.5. The summed E-state index contributed by atoms with van der Waals surface area (Å²) in [6.07, 6.45) is 0.913. The maximum absolute atomic E-state index is 11.5. The fourth-order valence-electron chi connectivity index (χ4n) is 1.39. The number of para-hydroxylation sites is 1. The molecule has 4 N–H and O–H groups in total. The minimum atomic E-state index is -0.361. The number of hydrogen-bond acceptors (Lipinski definition) is 4. The summed E-state index contributed by atoms with van der Waals surface area (Å²) in [4.78, 5) is 23.2. The zero-order valence-corrected chi connectivity index (χ0v) is 11.8. The lowest BCUT2D eigenvalue weighted by Gasteiger charge is -2.11. The quantitative estimate of drug-likeness (QED) is 0.625. The van der Waals surface area contributed by atoms with Gasteiger partial charge < -0.3 is 16.4 Å². The van der Waals surface area contributed by atoms with Crippen molar-refractivity contribution in [2.45, 2.75) is 18.2 Å². The number of carbonyl (C=O) groups is 2. The van der Waals surface area contributed by atoms with E-state index in [9.17, 15) is 9.59 Å². The van der Waals surface area contributed by atoms with Gasteiger partial charge >= 0.3 is 0 Å². The molecule has 0 heterocycles. The van der Waals surface area contributed by atoms with Crippen molar-refractivity contribution in [1.82, 2.24) is 5.32 Å². The number of carbonyl (C=O) groups excluding carboxylic acids is 2. The predicted octanol–water partition coefficient (Wildman–Crippen LogP) is 1.20. The molecule has 0 atom stereocenters. The Morgan fingerprint density at radius 1 is 1.32 bits per heavy atom. The van der Waals surface area contributed by atoms with E-state index in [2.05, 4.69) is 10.6 Å². The van der Waals surface area contributed by atoms with Crippen LogP contribution in [-0.2, 0) is 9.59 Å². The minimum Gasteiger partial charge on any atom is -0.375 e. The van der Waals surface area contributed by atoms with Gasteiger partial charge in [0, 0.05) is 17.1 Å². The van der Waals surface area contributed by atoms with Crippen molar-refractivity contribution < 1.29 is 9.59 Å². The number of thioether (sulfide) groups is 1. The van der Waals surface area contributed by atoms with E-state index in [1.54, 1.807) is 0 Å². The van der Waals surface area contributed by atoms with Gasteiger partial charge in [0.2, 0.25) is 11.8 Å². The van der Waals surface area contributed by atoms with Crippen LogP contribution in [-0.4, -0.2) is 30.7 Å². The van der Waals surface area contributed by atoms with Gasteiger partial charge in [0.25, 0.3) is 0 Å².